The number of benzene rings is 1. The normalized spacial score (nSPS) is 11.8. The van der Waals surface area contributed by atoms with E-state index in [1.165, 1.54) is 0 Å². The number of aromatic nitrogens is 1. The lowest BCUT2D eigenvalue weighted by Crippen LogP contribution is -2.22. The molecule has 9 heteroatoms. The Hall–Kier alpha value is -2.23. The molecule has 1 aromatic heterocycles. The topological polar surface area (TPSA) is 105 Å². The second-order valence-electron chi connectivity index (χ2n) is 6.70. The monoisotopic (exact) mass is 439 g/mol. The van der Waals surface area contributed by atoms with Gasteiger partial charge in [0.25, 0.3) is 0 Å². The third-order valence-corrected chi connectivity index (χ3v) is 5.81. The first-order valence-corrected chi connectivity index (χ1v) is 11.7. The summed E-state index contributed by atoms with van der Waals surface area (Å²) in [6.07, 6.45) is -0.115. The number of methoxy groups -OCH3 is 1. The molecule has 0 radical (unpaired) electrons. The largest absolute Gasteiger partial charge is 0.497 e. The van der Waals surface area contributed by atoms with Crippen LogP contribution in [-0.4, -0.2) is 51.6 Å². The lowest BCUT2D eigenvalue weighted by Gasteiger charge is -2.16. The second kappa shape index (κ2) is 11.2. The van der Waals surface area contributed by atoms with Gasteiger partial charge in [-0.15, -0.1) is 0 Å². The van der Waals surface area contributed by atoms with Gasteiger partial charge in [-0.2, -0.15) is 0 Å². The van der Waals surface area contributed by atoms with E-state index in [0.29, 0.717) is 48.3 Å². The number of ether oxygens (including phenoxy) is 3. The summed E-state index contributed by atoms with van der Waals surface area (Å²) >= 11 is 0. The predicted octanol–water partition coefficient (Wildman–Crippen LogP) is 3.32. The van der Waals surface area contributed by atoms with Crippen molar-refractivity contribution in [1.82, 2.24) is 4.98 Å². The molecule has 0 amide bonds. The molecule has 0 bridgehead atoms. The minimum Gasteiger partial charge on any atom is -0.497 e. The van der Waals surface area contributed by atoms with Crippen molar-refractivity contribution in [2.75, 3.05) is 26.1 Å². The van der Waals surface area contributed by atoms with E-state index >= 15 is 0 Å². The molecule has 0 atom stereocenters. The molecule has 2 aromatic rings. The van der Waals surface area contributed by atoms with Gasteiger partial charge in [-0.05, 0) is 45.0 Å². The number of sulfone groups is 1. The van der Waals surface area contributed by atoms with Crippen LogP contribution in [0.1, 0.15) is 38.1 Å². The highest BCUT2D eigenvalue weighted by atomic mass is 32.2. The Morgan fingerprint density at radius 2 is 1.77 bits per heavy atom. The predicted molar refractivity (Wildman–Crippen MR) is 112 cm³/mol. The van der Waals surface area contributed by atoms with Crippen molar-refractivity contribution in [3.8, 4) is 17.2 Å². The molecule has 8 nitrogen and oxygen atoms in total. The van der Waals surface area contributed by atoms with Gasteiger partial charge in [0.1, 0.15) is 23.0 Å². The van der Waals surface area contributed by atoms with Crippen molar-refractivity contribution >= 4 is 15.6 Å². The molecule has 2 rings (SSSR count). The van der Waals surface area contributed by atoms with Gasteiger partial charge in [-0.3, -0.25) is 4.79 Å². The number of aryl methyl sites for hydroxylation is 1. The van der Waals surface area contributed by atoms with Crippen molar-refractivity contribution in [2.45, 2.75) is 45.7 Å². The maximum atomic E-state index is 12.5. The van der Waals surface area contributed by atoms with E-state index in [4.69, 9.17) is 18.6 Å². The molecule has 1 heterocycles. The van der Waals surface area contributed by atoms with Crippen LogP contribution < -0.4 is 4.74 Å². The van der Waals surface area contributed by atoms with Crippen LogP contribution >= 0.6 is 0 Å². The number of nitrogens with zero attached hydrogens (tertiary/aromatic N) is 1. The average molecular weight is 440 g/mol. The smallest absolute Gasteiger partial charge is 0.226 e. The van der Waals surface area contributed by atoms with Crippen LogP contribution in [0.2, 0.25) is 0 Å². The summed E-state index contributed by atoms with van der Waals surface area (Å²) < 4.78 is 46.5. The van der Waals surface area contributed by atoms with Crippen LogP contribution in [0.5, 0.6) is 5.75 Å². The summed E-state index contributed by atoms with van der Waals surface area (Å²) in [7, 11) is -2.11. The van der Waals surface area contributed by atoms with E-state index in [1.54, 1.807) is 38.3 Å². The van der Waals surface area contributed by atoms with E-state index in [1.807, 2.05) is 13.8 Å². The highest BCUT2D eigenvalue weighted by molar-refractivity contribution is 7.91. The van der Waals surface area contributed by atoms with Gasteiger partial charge >= 0.3 is 0 Å². The van der Waals surface area contributed by atoms with Crippen molar-refractivity contribution in [1.29, 1.82) is 0 Å². The third kappa shape index (κ3) is 7.23. The van der Waals surface area contributed by atoms with Crippen LogP contribution in [-0.2, 0) is 29.9 Å². The standard InChI is InChI=1S/C21H29NO7S/c1-5-27-20(28-6-2)12-9-17(23)13-30(24,25)14-19-15(3)29-21(22-19)16-7-10-18(26-4)11-8-16/h7-8,10-11,20H,5-6,9,12-14H2,1-4H3. The van der Waals surface area contributed by atoms with Gasteiger partial charge in [0.2, 0.25) is 5.89 Å². The first-order chi connectivity index (χ1) is 14.3. The summed E-state index contributed by atoms with van der Waals surface area (Å²) in [4.78, 5) is 16.5. The fourth-order valence-corrected chi connectivity index (χ4v) is 4.28. The zero-order valence-corrected chi connectivity index (χ0v) is 18.7. The van der Waals surface area contributed by atoms with Crippen molar-refractivity contribution in [2.24, 2.45) is 0 Å². The summed E-state index contributed by atoms with van der Waals surface area (Å²) in [6, 6.07) is 7.08. The third-order valence-electron chi connectivity index (χ3n) is 4.33. The van der Waals surface area contributed by atoms with Gasteiger partial charge < -0.3 is 18.6 Å². The van der Waals surface area contributed by atoms with Crippen molar-refractivity contribution < 1.29 is 31.8 Å². The number of hydrogen-bond donors (Lipinski definition) is 0. The minimum absolute atomic E-state index is 0.0682. The molecule has 0 unspecified atom stereocenters. The molecule has 0 saturated heterocycles. The first-order valence-electron chi connectivity index (χ1n) is 9.84. The molecule has 0 spiro atoms. The number of ketones is 1. The molecule has 0 aliphatic rings. The molecular formula is C21H29NO7S. The number of carbonyl (C=O) groups excluding carboxylic acids is 1. The molecule has 0 aliphatic carbocycles. The number of oxazole rings is 1. The van der Waals surface area contributed by atoms with Crippen LogP contribution in [0.3, 0.4) is 0 Å². The van der Waals surface area contributed by atoms with Crippen molar-refractivity contribution in [3.05, 3.63) is 35.7 Å². The Morgan fingerprint density at radius 1 is 1.13 bits per heavy atom. The molecule has 0 N–H and O–H groups in total. The lowest BCUT2D eigenvalue weighted by atomic mass is 10.2. The fraction of sp³-hybridized carbons (Fsp3) is 0.524. The Kier molecular flexibility index (Phi) is 9.01. The summed E-state index contributed by atoms with van der Waals surface area (Å²) in [6.45, 7) is 6.23. The lowest BCUT2D eigenvalue weighted by molar-refractivity contribution is -0.144. The molecule has 30 heavy (non-hydrogen) atoms. The molecule has 166 valence electrons. The van der Waals surface area contributed by atoms with Gasteiger partial charge in [-0.25, -0.2) is 13.4 Å². The van der Waals surface area contributed by atoms with Gasteiger partial charge in [0, 0.05) is 31.6 Å². The van der Waals surface area contributed by atoms with Crippen LogP contribution in [0.15, 0.2) is 28.7 Å². The van der Waals surface area contributed by atoms with Gasteiger partial charge in [-0.1, -0.05) is 0 Å². The molecule has 1 aromatic carbocycles. The molecule has 0 fully saturated rings. The Bertz CT molecular complexity index is 913. The average Bonchev–Trinajstić information content (AvgIpc) is 3.05. The fourth-order valence-electron chi connectivity index (χ4n) is 2.86. The van der Waals surface area contributed by atoms with E-state index in [2.05, 4.69) is 4.98 Å². The Labute approximate surface area is 177 Å². The molecular weight excluding hydrogens is 410 g/mol. The van der Waals surface area contributed by atoms with Gasteiger partial charge in [0.05, 0.1) is 18.6 Å². The van der Waals surface area contributed by atoms with Gasteiger partial charge in [0.15, 0.2) is 16.1 Å². The zero-order valence-electron chi connectivity index (χ0n) is 17.8. The zero-order chi connectivity index (χ0) is 22.1. The molecule has 0 aliphatic heterocycles. The van der Waals surface area contributed by atoms with E-state index in [9.17, 15) is 13.2 Å². The molecule has 0 saturated carbocycles. The number of carbonyl (C=O) groups is 1. The number of hydrogen-bond acceptors (Lipinski definition) is 8. The summed E-state index contributed by atoms with van der Waals surface area (Å²) in [5.41, 5.74) is 1.01. The quantitative estimate of drug-likeness (QED) is 0.438. The minimum atomic E-state index is -3.68. The summed E-state index contributed by atoms with van der Waals surface area (Å²) in [5, 5.41) is 0. The van der Waals surface area contributed by atoms with Crippen molar-refractivity contribution in [3.63, 3.8) is 0 Å². The van der Waals surface area contributed by atoms with E-state index < -0.39 is 21.9 Å². The Morgan fingerprint density at radius 3 is 2.33 bits per heavy atom. The highest BCUT2D eigenvalue weighted by Crippen LogP contribution is 2.25. The van der Waals surface area contributed by atoms with Crippen LogP contribution in [0, 0.1) is 6.92 Å². The maximum absolute atomic E-state index is 12.5. The number of rotatable bonds is 13. The maximum Gasteiger partial charge on any atom is 0.226 e. The number of Topliss-reactive ketones (excluding diaryl/α,β-unsaturated/α-hetero) is 1. The first kappa shape index (κ1) is 24.0. The Balaban J connectivity index is 1.99. The van der Waals surface area contributed by atoms with Crippen LogP contribution in [0.4, 0.5) is 0 Å². The van der Waals surface area contributed by atoms with Crippen LogP contribution in [0.25, 0.3) is 11.5 Å². The second-order valence-corrected chi connectivity index (χ2v) is 8.76. The SMILES string of the molecule is CCOC(CCC(=O)CS(=O)(=O)Cc1nc(-c2ccc(OC)cc2)oc1C)OCC. The van der Waals surface area contributed by atoms with E-state index in [0.717, 1.165) is 0 Å². The summed E-state index contributed by atoms with van der Waals surface area (Å²) in [5.74, 6) is 0.134. The van der Waals surface area contributed by atoms with E-state index in [-0.39, 0.29) is 18.0 Å². The highest BCUT2D eigenvalue weighted by Gasteiger charge is 2.23.